The molecule has 0 radical (unpaired) electrons. The third kappa shape index (κ3) is 3.64. The summed E-state index contributed by atoms with van der Waals surface area (Å²) in [7, 11) is -5.79. The van der Waals surface area contributed by atoms with Crippen LogP contribution in [0.3, 0.4) is 0 Å². The van der Waals surface area contributed by atoms with Gasteiger partial charge in [-0.1, -0.05) is 30.3 Å². The number of aromatic nitrogens is 2. The van der Waals surface area contributed by atoms with Gasteiger partial charge >= 0.3 is 21.7 Å². The lowest BCUT2D eigenvalue weighted by molar-refractivity contribution is -0.0501. The molecule has 12 heteroatoms. The summed E-state index contributed by atoms with van der Waals surface area (Å²) >= 11 is 0. The van der Waals surface area contributed by atoms with E-state index in [1.165, 1.54) is 10.7 Å². The maximum atomic E-state index is 13.1. The molecule has 1 aromatic heterocycles. The normalized spacial score (nSPS) is 23.9. The highest BCUT2D eigenvalue weighted by molar-refractivity contribution is 7.87. The van der Waals surface area contributed by atoms with Crippen molar-refractivity contribution in [3.05, 3.63) is 47.7 Å². The van der Waals surface area contributed by atoms with Crippen molar-refractivity contribution in [2.75, 3.05) is 13.1 Å². The largest absolute Gasteiger partial charge is 0.534 e. The minimum Gasteiger partial charge on any atom is -0.354 e. The smallest absolute Gasteiger partial charge is 0.354 e. The van der Waals surface area contributed by atoms with Crippen LogP contribution in [0.4, 0.5) is 18.0 Å². The van der Waals surface area contributed by atoms with Crippen molar-refractivity contribution in [1.29, 1.82) is 0 Å². The second kappa shape index (κ2) is 7.37. The van der Waals surface area contributed by atoms with Crippen molar-refractivity contribution in [2.24, 2.45) is 0 Å². The van der Waals surface area contributed by atoms with Gasteiger partial charge < -0.3 is 14.4 Å². The molecule has 178 valence electrons. The average Bonchev–Trinajstić information content (AvgIpc) is 3.41. The summed E-state index contributed by atoms with van der Waals surface area (Å²) in [6.45, 7) is 1.27. The number of urea groups is 1. The van der Waals surface area contributed by atoms with Crippen molar-refractivity contribution in [3.63, 3.8) is 0 Å². The van der Waals surface area contributed by atoms with Gasteiger partial charge in [0.15, 0.2) is 0 Å². The molecule has 1 spiro atoms. The van der Waals surface area contributed by atoms with Gasteiger partial charge in [0, 0.05) is 31.1 Å². The van der Waals surface area contributed by atoms with E-state index in [1.54, 1.807) is 4.90 Å². The van der Waals surface area contributed by atoms with Crippen molar-refractivity contribution in [1.82, 2.24) is 20.0 Å². The Morgan fingerprint density at radius 2 is 1.79 bits per heavy atom. The third-order valence-corrected chi connectivity index (χ3v) is 8.06. The summed E-state index contributed by atoms with van der Waals surface area (Å²) in [6, 6.07) is 10.9. The Balaban J connectivity index is 1.31. The summed E-state index contributed by atoms with van der Waals surface area (Å²) in [4.78, 5) is 14.9. The summed E-state index contributed by atoms with van der Waals surface area (Å²) in [6.07, 6.45) is 4.03. The predicted molar refractivity (Wildman–Crippen MR) is 111 cm³/mol. The van der Waals surface area contributed by atoms with Crippen molar-refractivity contribution < 1.29 is 30.6 Å². The first-order chi connectivity index (χ1) is 15.5. The summed E-state index contributed by atoms with van der Waals surface area (Å²) in [5.74, 6) is -0.609. The van der Waals surface area contributed by atoms with Crippen LogP contribution in [0.25, 0.3) is 0 Å². The molecular weight excluding hydrogens is 461 g/mol. The number of alkyl halides is 3. The molecule has 2 aromatic rings. The number of hydrogen-bond acceptors (Lipinski definition) is 5. The Morgan fingerprint density at radius 3 is 2.42 bits per heavy atom. The highest BCUT2D eigenvalue weighted by Gasteiger charge is 2.51. The zero-order chi connectivity index (χ0) is 23.5. The lowest BCUT2D eigenvalue weighted by Crippen LogP contribution is -2.54. The van der Waals surface area contributed by atoms with Gasteiger partial charge in [-0.3, -0.25) is 4.68 Å². The first-order valence-corrected chi connectivity index (χ1v) is 12.2. The quantitative estimate of drug-likeness (QED) is 0.531. The standard InChI is InChI=1S/C21H23F3N4O4S/c22-21(23,24)33(30,31)32-17-13-16-19(10-12-28(16)26-17)9-11-27(14-19)18(29)25-20(7-4-8-20)15-5-2-1-3-6-15/h1-3,5-6,13H,4,7-12,14H2,(H,25,29)/t19-/m1/s1. The Kier molecular flexibility index (Phi) is 4.93. The zero-order valence-corrected chi connectivity index (χ0v) is 18.5. The van der Waals surface area contributed by atoms with Crippen LogP contribution in [0, 0.1) is 0 Å². The maximum Gasteiger partial charge on any atom is 0.534 e. The van der Waals surface area contributed by atoms with Gasteiger partial charge in [-0.25, -0.2) is 4.79 Å². The molecule has 1 saturated heterocycles. The fourth-order valence-electron chi connectivity index (χ4n) is 5.15. The number of nitrogens with one attached hydrogen (secondary N) is 1. The van der Waals surface area contributed by atoms with Crippen molar-refractivity contribution >= 4 is 16.1 Å². The lowest BCUT2D eigenvalue weighted by atomic mass is 9.72. The van der Waals surface area contributed by atoms with Crippen LogP contribution in [0.15, 0.2) is 36.4 Å². The minimum absolute atomic E-state index is 0.176. The van der Waals surface area contributed by atoms with E-state index >= 15 is 0 Å². The number of carbonyl (C=O) groups excluding carboxylic acids is 1. The van der Waals surface area contributed by atoms with E-state index in [4.69, 9.17) is 0 Å². The van der Waals surface area contributed by atoms with Gasteiger partial charge in [-0.15, -0.1) is 5.10 Å². The molecule has 1 N–H and O–H groups in total. The molecule has 8 nitrogen and oxygen atoms in total. The first-order valence-electron chi connectivity index (χ1n) is 10.8. The molecule has 1 aromatic carbocycles. The molecule has 1 saturated carbocycles. The Hall–Kier alpha value is -2.76. The number of nitrogens with zero attached hydrogens (tertiary/aromatic N) is 3. The van der Waals surface area contributed by atoms with Gasteiger partial charge in [0.25, 0.3) is 5.88 Å². The van der Waals surface area contributed by atoms with E-state index in [9.17, 15) is 26.4 Å². The molecule has 5 rings (SSSR count). The van der Waals surface area contributed by atoms with Gasteiger partial charge in [0.05, 0.1) is 11.2 Å². The number of likely N-dealkylation sites (tertiary alicyclic amines) is 1. The number of amides is 2. The number of carbonyl (C=O) groups is 1. The van der Waals surface area contributed by atoms with Crippen LogP contribution in [0.5, 0.6) is 5.88 Å². The van der Waals surface area contributed by atoms with Crippen LogP contribution in [-0.2, 0) is 27.6 Å². The highest BCUT2D eigenvalue weighted by atomic mass is 32.2. The number of aryl methyl sites for hydroxylation is 1. The van der Waals surface area contributed by atoms with Crippen molar-refractivity contribution in [2.45, 2.75) is 55.1 Å². The Labute approximate surface area is 188 Å². The van der Waals surface area contributed by atoms with E-state index < -0.39 is 26.9 Å². The molecular formula is C21H23F3N4O4S. The van der Waals surface area contributed by atoms with E-state index in [0.29, 0.717) is 38.2 Å². The minimum atomic E-state index is -5.79. The third-order valence-electron chi connectivity index (χ3n) is 7.10. The van der Waals surface area contributed by atoms with Crippen LogP contribution >= 0.6 is 0 Å². The van der Waals surface area contributed by atoms with E-state index in [1.807, 2.05) is 30.3 Å². The SMILES string of the molecule is O=C(NC1(c2ccccc2)CCC1)N1CC[C@@]2(CCn3nc(OS(=O)(=O)C(F)(F)F)cc32)C1. The summed E-state index contributed by atoms with van der Waals surface area (Å²) in [5.41, 5.74) is -4.74. The summed E-state index contributed by atoms with van der Waals surface area (Å²) in [5, 5.41) is 7.10. The molecule has 3 aliphatic rings. The summed E-state index contributed by atoms with van der Waals surface area (Å²) < 4.78 is 66.3. The van der Waals surface area contributed by atoms with E-state index in [-0.39, 0.29) is 11.6 Å². The van der Waals surface area contributed by atoms with E-state index in [2.05, 4.69) is 14.6 Å². The number of hydrogen-bond donors (Lipinski definition) is 1. The van der Waals surface area contributed by atoms with Gasteiger partial charge in [0.1, 0.15) is 0 Å². The van der Waals surface area contributed by atoms with Crippen LogP contribution in [-0.4, -0.2) is 47.7 Å². The molecule has 2 amide bonds. The number of benzene rings is 1. The highest BCUT2D eigenvalue weighted by Crippen LogP contribution is 2.45. The van der Waals surface area contributed by atoms with Crippen LogP contribution < -0.4 is 9.50 Å². The Bertz CT molecular complexity index is 1180. The van der Waals surface area contributed by atoms with Crippen molar-refractivity contribution in [3.8, 4) is 5.88 Å². The van der Waals surface area contributed by atoms with Gasteiger partial charge in [-0.05, 0) is 37.7 Å². The monoisotopic (exact) mass is 484 g/mol. The number of halogens is 3. The second-order valence-electron chi connectivity index (χ2n) is 9.01. The topological polar surface area (TPSA) is 93.5 Å². The molecule has 33 heavy (non-hydrogen) atoms. The molecule has 1 atom stereocenters. The van der Waals surface area contributed by atoms with E-state index in [0.717, 1.165) is 24.8 Å². The molecule has 3 heterocycles. The number of fused-ring (bicyclic) bond motifs is 2. The zero-order valence-electron chi connectivity index (χ0n) is 17.6. The number of rotatable bonds is 4. The molecule has 2 fully saturated rings. The van der Waals surface area contributed by atoms with Gasteiger partial charge in [0.2, 0.25) is 0 Å². The Morgan fingerprint density at radius 1 is 1.09 bits per heavy atom. The lowest BCUT2D eigenvalue weighted by Gasteiger charge is -2.44. The fraction of sp³-hybridized carbons (Fsp3) is 0.524. The van der Waals surface area contributed by atoms with Gasteiger partial charge in [-0.2, -0.15) is 21.6 Å². The molecule has 0 bridgehead atoms. The molecule has 2 aliphatic heterocycles. The molecule has 1 aliphatic carbocycles. The van der Waals surface area contributed by atoms with Crippen LogP contribution in [0.1, 0.15) is 43.4 Å². The predicted octanol–water partition coefficient (Wildman–Crippen LogP) is 3.25. The average molecular weight is 485 g/mol. The first kappa shape index (κ1) is 22.1. The van der Waals surface area contributed by atoms with Crippen LogP contribution in [0.2, 0.25) is 0 Å². The maximum absolute atomic E-state index is 13.1. The second-order valence-corrected chi connectivity index (χ2v) is 10.5. The fourth-order valence-corrected chi connectivity index (χ4v) is 5.56. The molecule has 0 unspecified atom stereocenters.